The van der Waals surface area contributed by atoms with Crippen LogP contribution in [0.4, 0.5) is 0 Å². The second-order valence-corrected chi connectivity index (χ2v) is 37.2. The van der Waals surface area contributed by atoms with Gasteiger partial charge in [-0.1, -0.05) is 217 Å². The highest BCUT2D eigenvalue weighted by Crippen LogP contribution is 2.33. The summed E-state index contributed by atoms with van der Waals surface area (Å²) < 4.78 is 163. The molecule has 8 aromatic heterocycles. The molecule has 0 spiro atoms. The highest BCUT2D eigenvalue weighted by molar-refractivity contribution is 5.68. The summed E-state index contributed by atoms with van der Waals surface area (Å²) in [5.41, 5.74) is 38.7. The Kier molecular flexibility index (Phi) is 30.7. The molecular weight excluding hydrogens is 1660 g/mol. The van der Waals surface area contributed by atoms with Gasteiger partial charge in [0.15, 0.2) is 49.6 Å². The standard InChI is InChI=1S/5C17H22N.C16H20N.2C14H16N/c1-12(2)16-10-17(18(5)11-14(16)4)15-9-7-6-8-13(15)3;3*1-12(2)16-11-18(5)17(10-14(16)4)15-9-7-6-8-13(15)3;1-13(2)11-15-8-9-16(14(3)12-15)17-7-5-6-10-18(17)4;1-12(2)14-8-9-15(13(3)11-14)16-7-5-6-10-17(16)4;1-11-7-8-12(2)13(10-11)14-6-4-5-9-15(14)3;1-3-12-7-9-13(10-8-12)14-6-4-5-11-15(14)2/h4*6-12H,1-5H3;5-10,12-13H,11H2,1-4H3;5-12H,1-4H3;4-10H,1-3H3;4-11H,3H2,1-2H3/q8*+1/i;1D3,12D;;;1D3,11D2,13D;1D3,12D;;1D3,3D2. The van der Waals surface area contributed by atoms with Gasteiger partial charge in [-0.2, -0.15) is 0 Å². The average Bonchev–Trinajstić information content (AvgIpc) is 0.722. The molecule has 16 aromatic rings. The molecule has 0 radical (unpaired) electrons. The topological polar surface area (TPSA) is 31.0 Å². The van der Waals surface area contributed by atoms with Gasteiger partial charge in [-0.3, -0.25) is 0 Å². The summed E-state index contributed by atoms with van der Waals surface area (Å²) in [6, 6.07) is 90.1. The van der Waals surface area contributed by atoms with Gasteiger partial charge in [-0.25, -0.2) is 36.5 Å². The fourth-order valence-electron chi connectivity index (χ4n) is 17.2. The van der Waals surface area contributed by atoms with Gasteiger partial charge in [0, 0.05) is 166 Å². The second kappa shape index (κ2) is 51.2. The van der Waals surface area contributed by atoms with Gasteiger partial charge in [0.1, 0.15) is 56.4 Å². The van der Waals surface area contributed by atoms with Crippen molar-refractivity contribution >= 4 is 0 Å². The van der Waals surface area contributed by atoms with E-state index in [-0.39, 0.29) is 11.1 Å². The first-order chi connectivity index (χ1) is 72.5. The lowest BCUT2D eigenvalue weighted by Crippen LogP contribution is -2.32. The Morgan fingerprint density at radius 3 is 0.971 bits per heavy atom. The summed E-state index contributed by atoms with van der Waals surface area (Å²) in [4.78, 5) is 0. The van der Waals surface area contributed by atoms with E-state index in [9.17, 15) is 0 Å². The molecule has 710 valence electrons. The van der Waals surface area contributed by atoms with Gasteiger partial charge >= 0.3 is 0 Å². The Hall–Kier alpha value is -13.0. The van der Waals surface area contributed by atoms with Crippen molar-refractivity contribution in [2.45, 2.75) is 215 Å². The monoisotopic (exact) mass is 1840 g/mol. The Balaban J connectivity index is 0.000000198. The van der Waals surface area contributed by atoms with Crippen LogP contribution in [0.3, 0.4) is 0 Å². The van der Waals surface area contributed by atoms with Crippen molar-refractivity contribution in [1.82, 2.24) is 0 Å². The molecule has 137 heavy (non-hydrogen) atoms. The molecule has 16 rings (SSSR count). The van der Waals surface area contributed by atoms with Gasteiger partial charge in [0.05, 0.1) is 0 Å². The SMILES string of the molecule is Cc1ccc(C)c(-c2cccc[n+]2C)c1.Cc1ccccc1-c1cc(C(C)C)c(C)c[n+]1C.Cc1ccccc1-c1cc(C)c(C(C)C)c[n+]1C.Cc1ccccc1-c1cc(C)c(C(C)C)c[n+]1C.[2H]C([2H])([2H])C([2H])(C)C([2H])([2H])c1ccc(-c2cccc[n+]2C)c(C)c1.[2H]C([2H])([2H])C([2H])(C)c1c[n+](C)c(-c2ccccc2C)cc1C.[2H]C([2H])([2H])C([2H])(C)c1ccc(-c2cccc[n+]2C)c(C)c1.[2H]C([2H])([2H])C([2H])([2H])c1ccc(-c2cccc[n+]2C)cc1. The summed E-state index contributed by atoms with van der Waals surface area (Å²) >= 11 is 0. The van der Waals surface area contributed by atoms with Crippen LogP contribution in [0.1, 0.15) is 251 Å². The molecule has 8 nitrogen and oxygen atoms in total. The lowest BCUT2D eigenvalue weighted by Gasteiger charge is -2.11. The van der Waals surface area contributed by atoms with Gasteiger partial charge < -0.3 is 0 Å². The molecule has 3 unspecified atom stereocenters. The summed E-state index contributed by atoms with van der Waals surface area (Å²) in [7, 11) is 16.2. The quantitative estimate of drug-likeness (QED) is 0.0864. The van der Waals surface area contributed by atoms with E-state index in [0.29, 0.717) is 28.9 Å². The highest BCUT2D eigenvalue weighted by Gasteiger charge is 2.24. The van der Waals surface area contributed by atoms with Crippen LogP contribution in [-0.2, 0) is 69.1 Å². The molecule has 0 saturated heterocycles. The summed E-state index contributed by atoms with van der Waals surface area (Å²) in [5.74, 6) is -3.77. The molecule has 0 fully saturated rings. The number of benzene rings is 8. The zero-order valence-electron chi connectivity index (χ0n) is 106. The Bertz CT molecular complexity index is 7470. The number of aryl methyl sites for hydroxylation is 21. The molecule has 0 aliphatic carbocycles. The number of nitrogens with zero attached hydrogens (tertiary/aromatic N) is 8. The van der Waals surface area contributed by atoms with Crippen molar-refractivity contribution in [2.75, 3.05) is 0 Å². The zero-order valence-corrected chi connectivity index (χ0v) is 86.9. The van der Waals surface area contributed by atoms with Crippen LogP contribution in [0.5, 0.6) is 0 Å². The molecule has 0 saturated carbocycles. The van der Waals surface area contributed by atoms with E-state index in [1.54, 1.807) is 42.6 Å². The van der Waals surface area contributed by atoms with Crippen LogP contribution < -0.4 is 36.5 Å². The van der Waals surface area contributed by atoms with E-state index in [1.807, 2.05) is 177 Å². The van der Waals surface area contributed by atoms with E-state index >= 15 is 0 Å². The summed E-state index contributed by atoms with van der Waals surface area (Å²) in [5, 5.41) is 0. The first-order valence-corrected chi connectivity index (χ1v) is 47.5. The van der Waals surface area contributed by atoms with Crippen LogP contribution in [0.15, 0.2) is 323 Å². The molecule has 0 bridgehead atoms. The number of hydrogen-bond donors (Lipinski definition) is 0. The minimum atomic E-state index is -2.73. The summed E-state index contributed by atoms with van der Waals surface area (Å²) in [6.45, 7) is 32.5. The maximum Gasteiger partial charge on any atom is 0.212 e. The first kappa shape index (κ1) is 82.2. The number of hydrogen-bond acceptors (Lipinski definition) is 0. The van der Waals surface area contributed by atoms with E-state index in [4.69, 9.17) is 26.0 Å². The largest absolute Gasteiger partial charge is 0.212 e. The Morgan fingerprint density at radius 2 is 0.591 bits per heavy atom. The van der Waals surface area contributed by atoms with Crippen molar-refractivity contribution in [3.8, 4) is 90.1 Å². The lowest BCUT2D eigenvalue weighted by molar-refractivity contribution is -0.661. The maximum absolute atomic E-state index is 8.30. The Labute approximate surface area is 853 Å². The number of aromatic nitrogens is 8. The maximum atomic E-state index is 8.30. The van der Waals surface area contributed by atoms with Crippen LogP contribution in [0.2, 0.25) is 0 Å². The van der Waals surface area contributed by atoms with E-state index < -0.39 is 57.8 Å². The normalized spacial score (nSPS) is 14.7. The third kappa shape index (κ3) is 29.7. The van der Waals surface area contributed by atoms with Crippen molar-refractivity contribution in [3.05, 3.63) is 428 Å². The lowest BCUT2D eigenvalue weighted by atomic mass is 9.96. The molecule has 8 heterocycles. The van der Waals surface area contributed by atoms with Crippen molar-refractivity contribution in [1.29, 1.82) is 0 Å². The predicted octanol–water partition coefficient (Wildman–Crippen LogP) is 28.5. The minimum absolute atomic E-state index is 0.167. The van der Waals surface area contributed by atoms with Crippen LogP contribution >= 0.6 is 0 Å². The second-order valence-electron chi connectivity index (χ2n) is 37.2. The fraction of sp³-hybridized carbons (Fsp3) is 0.318. The molecule has 0 aliphatic heterocycles. The zero-order chi connectivity index (χ0) is 117. The summed E-state index contributed by atoms with van der Waals surface area (Å²) in [6.07, 6.45) is 11.8. The van der Waals surface area contributed by atoms with Gasteiger partial charge in [-0.05, 0) is 288 Å². The Morgan fingerprint density at radius 1 is 0.248 bits per heavy atom. The first-order valence-electron chi connectivity index (χ1n) is 57.0. The molecule has 0 N–H and O–H groups in total. The smallest absolute Gasteiger partial charge is 0.201 e. The van der Waals surface area contributed by atoms with Crippen LogP contribution in [0.25, 0.3) is 90.1 Å². The van der Waals surface area contributed by atoms with E-state index in [2.05, 4.69) is 309 Å². The molecular formula is C129H162N8+8. The van der Waals surface area contributed by atoms with E-state index in [0.717, 1.165) is 74.2 Å². The van der Waals surface area contributed by atoms with Gasteiger partial charge in [0.25, 0.3) is 0 Å². The van der Waals surface area contributed by atoms with Crippen molar-refractivity contribution in [2.24, 2.45) is 62.3 Å². The molecule has 8 aromatic carbocycles. The van der Waals surface area contributed by atoms with Crippen molar-refractivity contribution in [3.63, 3.8) is 0 Å². The molecule has 0 aliphatic rings. The van der Waals surface area contributed by atoms with Gasteiger partial charge in [-0.15, -0.1) is 0 Å². The average molecular weight is 1840 g/mol. The molecule has 0 amide bonds. The third-order valence-electron chi connectivity index (χ3n) is 25.0. The number of pyridine rings is 8. The van der Waals surface area contributed by atoms with E-state index in [1.165, 1.54) is 132 Å². The third-order valence-corrected chi connectivity index (χ3v) is 25.0. The van der Waals surface area contributed by atoms with Gasteiger partial charge in [0.2, 0.25) is 45.6 Å². The minimum Gasteiger partial charge on any atom is -0.201 e. The predicted molar refractivity (Wildman–Crippen MR) is 580 cm³/mol. The fourth-order valence-corrected chi connectivity index (χ4v) is 17.2. The molecule has 8 heteroatoms. The van der Waals surface area contributed by atoms with Crippen LogP contribution in [-0.4, -0.2) is 0 Å². The molecule has 3 atom stereocenters. The van der Waals surface area contributed by atoms with Crippen LogP contribution in [0, 0.1) is 89.0 Å². The van der Waals surface area contributed by atoms with Crippen molar-refractivity contribution < 1.29 is 62.6 Å². The highest BCUT2D eigenvalue weighted by atomic mass is 15.0. The number of rotatable bonds is 16.